The molecule has 20 atom stereocenters. The van der Waals surface area contributed by atoms with Gasteiger partial charge in [0.05, 0.1) is 36.9 Å². The number of carbonyl (C=O) groups is 1. The lowest BCUT2D eigenvalue weighted by Crippen LogP contribution is -2.64. The Morgan fingerprint density at radius 2 is 1.36 bits per heavy atom. The third-order valence-electron chi connectivity index (χ3n) is 14.9. The molecule has 0 amide bonds. The molecule has 10 N–H and O–H groups in total. The van der Waals surface area contributed by atoms with Gasteiger partial charge in [-0.25, -0.2) is 0 Å². The van der Waals surface area contributed by atoms with Crippen molar-refractivity contribution in [1.29, 1.82) is 0 Å². The fraction of sp³-hybridized carbons (Fsp3) is 0.921. The van der Waals surface area contributed by atoms with Gasteiger partial charge >= 0.3 is 5.97 Å². The molecule has 17 heteroatoms. The first kappa shape index (κ1) is 41.8. The molecule has 0 aromatic heterocycles. The van der Waals surface area contributed by atoms with Crippen molar-refractivity contribution in [2.24, 2.45) is 28.1 Å². The topological polar surface area (TPSA) is 275 Å². The van der Waals surface area contributed by atoms with Crippen LogP contribution in [0.2, 0.25) is 0 Å². The van der Waals surface area contributed by atoms with Gasteiger partial charge in [0, 0.05) is 6.42 Å². The lowest BCUT2D eigenvalue weighted by Gasteiger charge is -2.64. The first-order valence-electron chi connectivity index (χ1n) is 19.8. The maximum Gasteiger partial charge on any atom is 0.314 e. The highest BCUT2D eigenvalue weighted by Crippen LogP contribution is 2.73. The van der Waals surface area contributed by atoms with Crippen LogP contribution in [0.25, 0.3) is 0 Å². The molecule has 7 aliphatic rings. The molecule has 0 aromatic carbocycles. The highest BCUT2D eigenvalue weighted by molar-refractivity contribution is 5.77. The summed E-state index contributed by atoms with van der Waals surface area (Å²) in [5.41, 5.74) is -1.58. The van der Waals surface area contributed by atoms with Crippen molar-refractivity contribution < 1.29 is 84.3 Å². The molecule has 3 saturated heterocycles. The average Bonchev–Trinajstić information content (AvgIpc) is 3.35. The molecule has 4 aliphatic carbocycles. The summed E-state index contributed by atoms with van der Waals surface area (Å²) >= 11 is 0. The van der Waals surface area contributed by atoms with E-state index in [1.807, 2.05) is 6.92 Å². The summed E-state index contributed by atoms with van der Waals surface area (Å²) in [6, 6.07) is 0. The van der Waals surface area contributed by atoms with Gasteiger partial charge in [0.15, 0.2) is 12.6 Å². The lowest BCUT2D eigenvalue weighted by molar-refractivity contribution is -0.365. The van der Waals surface area contributed by atoms with Gasteiger partial charge in [-0.15, -0.1) is 0 Å². The third-order valence-corrected chi connectivity index (χ3v) is 14.9. The fourth-order valence-corrected chi connectivity index (χ4v) is 12.0. The number of carbonyl (C=O) groups excluding carboxylic acids is 1. The molecule has 1 spiro atoms. The van der Waals surface area contributed by atoms with Gasteiger partial charge in [0.2, 0.25) is 6.29 Å². The number of fused-ring (bicyclic) bond motifs is 3. The van der Waals surface area contributed by atoms with E-state index in [0.29, 0.717) is 38.5 Å². The summed E-state index contributed by atoms with van der Waals surface area (Å²) in [4.78, 5) is 14.1. The predicted octanol–water partition coefficient (Wildman–Crippen LogP) is -1.91. The fourth-order valence-electron chi connectivity index (χ4n) is 12.0. The Morgan fingerprint density at radius 1 is 0.745 bits per heavy atom. The largest absolute Gasteiger partial charge is 0.432 e. The van der Waals surface area contributed by atoms with Crippen molar-refractivity contribution >= 4 is 5.97 Å². The Bertz CT molecular complexity index is 1420. The monoisotopic (exact) mass is 788 g/mol. The summed E-state index contributed by atoms with van der Waals surface area (Å²) in [6.45, 7) is 6.77. The summed E-state index contributed by atoms with van der Waals surface area (Å²) < 4.78 is 36.0. The van der Waals surface area contributed by atoms with E-state index in [9.17, 15) is 55.9 Å². The van der Waals surface area contributed by atoms with Crippen LogP contribution >= 0.6 is 0 Å². The predicted molar refractivity (Wildman–Crippen MR) is 185 cm³/mol. The smallest absolute Gasteiger partial charge is 0.314 e. The second kappa shape index (κ2) is 15.3. The first-order valence-corrected chi connectivity index (χ1v) is 19.8. The third kappa shape index (κ3) is 6.82. The van der Waals surface area contributed by atoms with E-state index in [1.54, 1.807) is 0 Å². The Balaban J connectivity index is 1.09. The molecule has 0 aromatic rings. The zero-order chi connectivity index (χ0) is 39.8. The van der Waals surface area contributed by atoms with Crippen molar-refractivity contribution in [2.75, 3.05) is 19.8 Å². The quantitative estimate of drug-likeness (QED) is 0.0694. The SMILES string of the molecule is C=C1C[C@@]23CCC4[C@@](C)(CCC[C@@]4(C)C(=O)OC4OC(CO)C(O)C(O)C4O)C2CC[C@]1(OC1OC(CO)C(O)C(O)C1OC1CC(O)C(O)C(CO)O1)C3. The molecule has 16 unspecified atom stereocenters. The Labute approximate surface area is 319 Å². The minimum absolute atomic E-state index is 0.0995. The van der Waals surface area contributed by atoms with E-state index in [1.165, 1.54) is 0 Å². The first-order chi connectivity index (χ1) is 26.0. The zero-order valence-corrected chi connectivity index (χ0v) is 31.5. The number of aliphatic hydroxyl groups is 10. The van der Waals surface area contributed by atoms with Crippen LogP contribution in [0.1, 0.15) is 78.1 Å². The Hall–Kier alpha value is -1.39. The molecule has 7 rings (SSSR count). The highest BCUT2D eigenvalue weighted by Gasteiger charge is 2.69. The van der Waals surface area contributed by atoms with Gasteiger partial charge in [-0.3, -0.25) is 4.79 Å². The van der Waals surface area contributed by atoms with Crippen molar-refractivity contribution in [3.05, 3.63) is 12.2 Å². The molecule has 2 bridgehead atoms. The van der Waals surface area contributed by atoms with Gasteiger partial charge in [0.1, 0.15) is 61.0 Å². The van der Waals surface area contributed by atoms with E-state index in [2.05, 4.69) is 13.5 Å². The molecular weight excluding hydrogens is 728 g/mol. The minimum atomic E-state index is -1.70. The van der Waals surface area contributed by atoms with Gasteiger partial charge in [-0.2, -0.15) is 0 Å². The maximum atomic E-state index is 14.1. The minimum Gasteiger partial charge on any atom is -0.432 e. The highest BCUT2D eigenvalue weighted by atomic mass is 16.8. The summed E-state index contributed by atoms with van der Waals surface area (Å²) in [5.74, 6) is -0.509. The average molecular weight is 789 g/mol. The van der Waals surface area contributed by atoms with Crippen molar-refractivity contribution in [2.45, 2.75) is 170 Å². The number of rotatable bonds is 9. The van der Waals surface area contributed by atoms with E-state index < -0.39 is 123 Å². The van der Waals surface area contributed by atoms with E-state index in [4.69, 9.17) is 28.4 Å². The van der Waals surface area contributed by atoms with Crippen LogP contribution in [0.4, 0.5) is 0 Å². The van der Waals surface area contributed by atoms with Crippen LogP contribution in [0.3, 0.4) is 0 Å². The van der Waals surface area contributed by atoms with E-state index in [0.717, 1.165) is 24.8 Å². The van der Waals surface area contributed by atoms with Crippen LogP contribution < -0.4 is 0 Å². The number of hydrogen-bond acceptors (Lipinski definition) is 17. The lowest BCUT2D eigenvalue weighted by atomic mass is 9.41. The Morgan fingerprint density at radius 3 is 2.04 bits per heavy atom. The second-order valence-corrected chi connectivity index (χ2v) is 17.9. The maximum absolute atomic E-state index is 14.1. The van der Waals surface area contributed by atoms with Crippen molar-refractivity contribution in [3.8, 4) is 0 Å². The van der Waals surface area contributed by atoms with Gasteiger partial charge in [-0.1, -0.05) is 19.9 Å². The molecule has 55 heavy (non-hydrogen) atoms. The molecule has 4 saturated carbocycles. The van der Waals surface area contributed by atoms with Crippen molar-refractivity contribution in [1.82, 2.24) is 0 Å². The summed E-state index contributed by atoms with van der Waals surface area (Å²) in [5, 5.41) is 103. The summed E-state index contributed by atoms with van der Waals surface area (Å²) in [7, 11) is 0. The second-order valence-electron chi connectivity index (χ2n) is 17.9. The van der Waals surface area contributed by atoms with E-state index >= 15 is 0 Å². The van der Waals surface area contributed by atoms with Gasteiger partial charge in [-0.05, 0) is 86.5 Å². The molecule has 314 valence electrons. The number of ether oxygens (including phenoxy) is 6. The van der Waals surface area contributed by atoms with Crippen molar-refractivity contribution in [3.63, 3.8) is 0 Å². The number of esters is 1. The molecule has 3 heterocycles. The van der Waals surface area contributed by atoms with E-state index in [-0.39, 0.29) is 29.1 Å². The standard InChI is InChI=1S/C38H60O17/c1-17-12-37-9-5-22-35(2,7-4-8-36(22,3)34(49)54-32-30(48)28(46)26(44)20(14-40)51-32)23(37)6-10-38(17,16-37)55-33-31(29(47)27(45)21(15-41)52-33)53-24-11-18(42)25(43)19(13-39)50-24/h18-33,39-48H,1,4-16H2,2-3H3/t18?,19?,20?,21?,22?,23?,24?,25?,26?,27?,28?,29?,30?,31?,32?,33?,35-,36-,37-,38+/m1/s1. The molecule has 7 fully saturated rings. The number of aliphatic hydroxyl groups excluding tert-OH is 10. The van der Waals surface area contributed by atoms with Crippen LogP contribution in [0.15, 0.2) is 12.2 Å². The normalized spacial score (nSPS) is 54.0. The van der Waals surface area contributed by atoms with Gasteiger partial charge in [0.25, 0.3) is 0 Å². The number of hydrogen-bond donors (Lipinski definition) is 10. The van der Waals surface area contributed by atoms with Gasteiger partial charge < -0.3 is 79.5 Å². The zero-order valence-electron chi connectivity index (χ0n) is 31.5. The van der Waals surface area contributed by atoms with Crippen LogP contribution in [-0.4, -0.2) is 168 Å². The van der Waals surface area contributed by atoms with Crippen LogP contribution in [0.5, 0.6) is 0 Å². The van der Waals surface area contributed by atoms with Crippen LogP contribution in [0, 0.1) is 28.1 Å². The summed E-state index contributed by atoms with van der Waals surface area (Å²) in [6.07, 6.45) is -13.8. The van der Waals surface area contributed by atoms with Crippen LogP contribution in [-0.2, 0) is 33.2 Å². The Kier molecular flexibility index (Phi) is 11.6. The molecule has 17 nitrogen and oxygen atoms in total. The molecule has 3 aliphatic heterocycles. The molecular formula is C38H60O17. The molecule has 0 radical (unpaired) electrons.